The van der Waals surface area contributed by atoms with E-state index >= 15 is 0 Å². The predicted octanol–water partition coefficient (Wildman–Crippen LogP) is 2.82. The van der Waals surface area contributed by atoms with Crippen LogP contribution < -0.4 is 15.4 Å². The lowest BCUT2D eigenvalue weighted by atomic mass is 9.90. The van der Waals surface area contributed by atoms with Crippen molar-refractivity contribution in [2.45, 2.75) is 51.5 Å². The van der Waals surface area contributed by atoms with Gasteiger partial charge in [0, 0.05) is 36.6 Å². The highest BCUT2D eigenvalue weighted by molar-refractivity contribution is 7.90. The lowest BCUT2D eigenvalue weighted by molar-refractivity contribution is 0.0981. The molecule has 0 spiro atoms. The SMILES string of the molecule is Cc1nn(C)c(C)c1-c1ccc(C(=O)NS(=O)(=O)c2cccnc2N)c(N2CCC(C)C2(C)C)n1. The number of anilines is 2. The number of sulfonamides is 1. The summed E-state index contributed by atoms with van der Waals surface area (Å²) in [6.07, 6.45) is 2.31. The monoisotopic (exact) mass is 497 g/mol. The van der Waals surface area contributed by atoms with Crippen molar-refractivity contribution >= 4 is 27.6 Å². The molecule has 0 aliphatic carbocycles. The minimum Gasteiger partial charge on any atom is -0.383 e. The van der Waals surface area contributed by atoms with Gasteiger partial charge in [0.25, 0.3) is 15.9 Å². The molecule has 186 valence electrons. The molecule has 0 aromatic carbocycles. The number of nitrogens with two attached hydrogens (primary N) is 1. The van der Waals surface area contributed by atoms with E-state index in [4.69, 9.17) is 10.7 Å². The van der Waals surface area contributed by atoms with Crippen molar-refractivity contribution in [1.29, 1.82) is 0 Å². The number of amides is 1. The van der Waals surface area contributed by atoms with E-state index in [1.807, 2.05) is 20.9 Å². The third-order valence-corrected chi connectivity index (χ3v) is 8.52. The van der Waals surface area contributed by atoms with E-state index in [1.54, 1.807) is 16.8 Å². The van der Waals surface area contributed by atoms with Gasteiger partial charge in [0.2, 0.25) is 0 Å². The van der Waals surface area contributed by atoms with Gasteiger partial charge in [0.05, 0.1) is 17.0 Å². The number of pyridine rings is 2. The first-order valence-corrected chi connectivity index (χ1v) is 12.9. The molecule has 1 unspecified atom stereocenters. The van der Waals surface area contributed by atoms with Crippen LogP contribution in [-0.2, 0) is 17.1 Å². The van der Waals surface area contributed by atoms with Gasteiger partial charge in [-0.1, -0.05) is 6.92 Å². The summed E-state index contributed by atoms with van der Waals surface area (Å²) >= 11 is 0. The fourth-order valence-electron chi connectivity index (χ4n) is 4.59. The summed E-state index contributed by atoms with van der Waals surface area (Å²) in [5.74, 6) is -0.174. The van der Waals surface area contributed by atoms with E-state index in [2.05, 4.69) is 40.5 Å². The van der Waals surface area contributed by atoms with E-state index in [-0.39, 0.29) is 21.8 Å². The van der Waals surface area contributed by atoms with Crippen LogP contribution in [0.1, 0.15) is 48.9 Å². The number of aromatic nitrogens is 4. The molecule has 11 heteroatoms. The zero-order chi connectivity index (χ0) is 25.7. The second-order valence-corrected chi connectivity index (χ2v) is 11.2. The van der Waals surface area contributed by atoms with Gasteiger partial charge in [-0.15, -0.1) is 0 Å². The summed E-state index contributed by atoms with van der Waals surface area (Å²) < 4.78 is 29.8. The molecule has 0 bridgehead atoms. The van der Waals surface area contributed by atoms with Crippen LogP contribution in [0.2, 0.25) is 0 Å². The van der Waals surface area contributed by atoms with Gasteiger partial charge in [-0.3, -0.25) is 9.48 Å². The Morgan fingerprint density at radius 1 is 1.23 bits per heavy atom. The van der Waals surface area contributed by atoms with Crippen molar-refractivity contribution in [2.24, 2.45) is 13.0 Å². The largest absolute Gasteiger partial charge is 0.383 e. The highest BCUT2D eigenvalue weighted by Crippen LogP contribution is 2.40. The van der Waals surface area contributed by atoms with Gasteiger partial charge >= 0.3 is 0 Å². The molecule has 0 saturated carbocycles. The number of rotatable bonds is 5. The molecule has 0 radical (unpaired) electrons. The first-order chi connectivity index (χ1) is 16.3. The first-order valence-electron chi connectivity index (χ1n) is 11.4. The van der Waals surface area contributed by atoms with E-state index in [1.165, 1.54) is 18.3 Å². The Morgan fingerprint density at radius 2 is 1.94 bits per heavy atom. The minimum atomic E-state index is -4.24. The fraction of sp³-hybridized carbons (Fsp3) is 0.417. The maximum Gasteiger partial charge on any atom is 0.268 e. The molecule has 4 heterocycles. The zero-order valence-corrected chi connectivity index (χ0v) is 21.6. The van der Waals surface area contributed by atoms with Crippen molar-refractivity contribution in [1.82, 2.24) is 24.5 Å². The molecule has 1 aliphatic rings. The van der Waals surface area contributed by atoms with Gasteiger partial charge in [0.1, 0.15) is 16.5 Å². The maximum atomic E-state index is 13.4. The molecule has 4 rings (SSSR count). The molecule has 35 heavy (non-hydrogen) atoms. The number of carbonyl (C=O) groups excluding carboxylic acids is 1. The summed E-state index contributed by atoms with van der Waals surface area (Å²) in [7, 11) is -2.37. The Labute approximate surface area is 205 Å². The Kier molecular flexibility index (Phi) is 6.08. The molecule has 1 amide bonds. The van der Waals surface area contributed by atoms with E-state index in [0.29, 0.717) is 24.0 Å². The molecular formula is C24H31N7O3S. The van der Waals surface area contributed by atoms with Crippen LogP contribution in [0.3, 0.4) is 0 Å². The average molecular weight is 498 g/mol. The van der Waals surface area contributed by atoms with Crippen molar-refractivity contribution in [3.8, 4) is 11.3 Å². The molecule has 1 saturated heterocycles. The van der Waals surface area contributed by atoms with Gasteiger partial charge in [0.15, 0.2) is 0 Å². The number of hydrogen-bond acceptors (Lipinski definition) is 8. The first kappa shape index (κ1) is 24.6. The maximum absolute atomic E-state index is 13.4. The van der Waals surface area contributed by atoms with Crippen LogP contribution in [0, 0.1) is 19.8 Å². The Morgan fingerprint density at radius 3 is 2.51 bits per heavy atom. The standard InChI is InChI=1S/C24H31N7O3S/c1-14-11-13-31(24(14,4)5)22-17(9-10-18(27-22)20-15(2)28-30(6)16(20)3)23(32)29-35(33,34)19-8-7-12-26-21(19)25/h7-10,12,14H,11,13H2,1-6H3,(H2,25,26)(H,29,32). The van der Waals surface area contributed by atoms with E-state index in [0.717, 1.165) is 23.4 Å². The fourth-order valence-corrected chi connectivity index (χ4v) is 5.64. The van der Waals surface area contributed by atoms with Gasteiger partial charge < -0.3 is 10.6 Å². The van der Waals surface area contributed by atoms with Crippen LogP contribution in [0.25, 0.3) is 11.3 Å². The van der Waals surface area contributed by atoms with E-state index < -0.39 is 15.9 Å². The molecule has 3 aromatic rings. The quantitative estimate of drug-likeness (QED) is 0.549. The molecular weight excluding hydrogens is 466 g/mol. The summed E-state index contributed by atoms with van der Waals surface area (Å²) in [5, 5.41) is 4.49. The van der Waals surface area contributed by atoms with Gasteiger partial charge in [-0.25, -0.2) is 23.1 Å². The third-order valence-electron chi connectivity index (χ3n) is 7.14. The summed E-state index contributed by atoms with van der Waals surface area (Å²) in [6.45, 7) is 10.9. The summed E-state index contributed by atoms with van der Waals surface area (Å²) in [5.41, 5.74) is 8.96. The van der Waals surface area contributed by atoms with Crippen LogP contribution >= 0.6 is 0 Å². The highest BCUT2D eigenvalue weighted by atomic mass is 32.2. The number of carbonyl (C=O) groups is 1. The van der Waals surface area contributed by atoms with Crippen LogP contribution in [-0.4, -0.2) is 46.2 Å². The number of hydrogen-bond donors (Lipinski definition) is 2. The lowest BCUT2D eigenvalue weighted by Gasteiger charge is -2.36. The number of aryl methyl sites for hydroxylation is 2. The average Bonchev–Trinajstić information content (AvgIpc) is 3.20. The van der Waals surface area contributed by atoms with Gasteiger partial charge in [-0.2, -0.15) is 5.10 Å². The second-order valence-electron chi connectivity index (χ2n) is 9.55. The Hall–Kier alpha value is -3.47. The smallest absolute Gasteiger partial charge is 0.268 e. The minimum absolute atomic E-state index is 0.168. The molecule has 1 aliphatic heterocycles. The molecule has 1 atom stereocenters. The van der Waals surface area contributed by atoms with Crippen molar-refractivity contribution < 1.29 is 13.2 Å². The molecule has 1 fully saturated rings. The summed E-state index contributed by atoms with van der Waals surface area (Å²) in [6, 6.07) is 6.11. The highest BCUT2D eigenvalue weighted by Gasteiger charge is 2.41. The van der Waals surface area contributed by atoms with Crippen molar-refractivity contribution in [3.63, 3.8) is 0 Å². The lowest BCUT2D eigenvalue weighted by Crippen LogP contribution is -2.43. The van der Waals surface area contributed by atoms with Crippen LogP contribution in [0.15, 0.2) is 35.4 Å². The Bertz CT molecular complexity index is 1410. The van der Waals surface area contributed by atoms with Gasteiger partial charge in [-0.05, 0) is 64.3 Å². The van der Waals surface area contributed by atoms with Crippen LogP contribution in [0.4, 0.5) is 11.6 Å². The molecule has 10 nitrogen and oxygen atoms in total. The van der Waals surface area contributed by atoms with Crippen molar-refractivity contribution in [2.75, 3.05) is 17.2 Å². The number of nitrogens with one attached hydrogen (secondary N) is 1. The topological polar surface area (TPSA) is 136 Å². The normalized spacial score (nSPS) is 17.5. The second kappa shape index (κ2) is 8.63. The zero-order valence-electron chi connectivity index (χ0n) is 20.8. The van der Waals surface area contributed by atoms with E-state index in [9.17, 15) is 13.2 Å². The number of nitrogen functional groups attached to an aromatic ring is 1. The summed E-state index contributed by atoms with van der Waals surface area (Å²) in [4.78, 5) is 23.9. The third kappa shape index (κ3) is 4.24. The molecule has 3 N–H and O–H groups in total. The Balaban J connectivity index is 1.82. The predicted molar refractivity (Wildman–Crippen MR) is 134 cm³/mol. The van der Waals surface area contributed by atoms with Crippen LogP contribution in [0.5, 0.6) is 0 Å². The molecule has 3 aromatic heterocycles. The number of nitrogens with zero attached hydrogens (tertiary/aromatic N) is 5. The van der Waals surface area contributed by atoms with Crippen molar-refractivity contribution in [3.05, 3.63) is 47.4 Å².